The maximum atomic E-state index is 12.4. The van der Waals surface area contributed by atoms with Crippen LogP contribution in [0.4, 0.5) is 5.69 Å². The number of aryl methyl sites for hydroxylation is 1. The van der Waals surface area contributed by atoms with Gasteiger partial charge in [0, 0.05) is 23.6 Å². The highest BCUT2D eigenvalue weighted by Crippen LogP contribution is 2.31. The van der Waals surface area contributed by atoms with Crippen LogP contribution < -0.4 is 5.32 Å². The van der Waals surface area contributed by atoms with Gasteiger partial charge in [0.1, 0.15) is 0 Å². The molecule has 23 heavy (non-hydrogen) atoms. The van der Waals surface area contributed by atoms with Crippen molar-refractivity contribution in [1.29, 1.82) is 0 Å². The van der Waals surface area contributed by atoms with Gasteiger partial charge in [-0.25, -0.2) is 0 Å². The van der Waals surface area contributed by atoms with Crippen LogP contribution in [-0.4, -0.2) is 22.0 Å². The third-order valence-electron chi connectivity index (χ3n) is 4.16. The van der Waals surface area contributed by atoms with E-state index in [4.69, 9.17) is 0 Å². The second-order valence-corrected chi connectivity index (χ2v) is 5.68. The number of amides is 1. The van der Waals surface area contributed by atoms with Gasteiger partial charge in [-0.15, -0.1) is 0 Å². The van der Waals surface area contributed by atoms with Crippen LogP contribution in [0.2, 0.25) is 0 Å². The number of nitro benzene ring substituents is 1. The molecule has 0 aromatic heterocycles. The molecule has 118 valence electrons. The Kier molecular flexibility index (Phi) is 3.83. The Morgan fingerprint density at radius 3 is 2.78 bits per heavy atom. The van der Waals surface area contributed by atoms with Crippen molar-refractivity contribution in [2.75, 3.05) is 0 Å². The van der Waals surface area contributed by atoms with Gasteiger partial charge < -0.3 is 10.4 Å². The maximum Gasteiger partial charge on any atom is 0.273 e. The Bertz CT molecular complexity index is 788. The van der Waals surface area contributed by atoms with E-state index < -0.39 is 23.0 Å². The predicted molar refractivity (Wildman–Crippen MR) is 84.2 cm³/mol. The van der Waals surface area contributed by atoms with Gasteiger partial charge in [-0.2, -0.15) is 0 Å². The first-order valence-corrected chi connectivity index (χ1v) is 7.29. The second-order valence-electron chi connectivity index (χ2n) is 5.68. The van der Waals surface area contributed by atoms with Gasteiger partial charge in [0.05, 0.1) is 17.1 Å². The van der Waals surface area contributed by atoms with Crippen molar-refractivity contribution >= 4 is 11.6 Å². The smallest absolute Gasteiger partial charge is 0.273 e. The number of nitro groups is 1. The number of hydrogen-bond donors (Lipinski definition) is 2. The van der Waals surface area contributed by atoms with E-state index in [2.05, 4.69) is 5.32 Å². The number of carbonyl (C=O) groups excluding carboxylic acids is 1. The van der Waals surface area contributed by atoms with Gasteiger partial charge in [-0.3, -0.25) is 14.9 Å². The van der Waals surface area contributed by atoms with Gasteiger partial charge in [-0.05, 0) is 24.1 Å². The number of rotatable bonds is 3. The standard InChI is InChI=1S/C17H16N2O4/c1-10-6-7-12(8-14(10)19(22)23)17(21)18-16-13-5-3-2-4-11(13)9-15(16)20/h2-8,15-16,20H,9H2,1H3,(H,18,21). The molecule has 0 aliphatic heterocycles. The van der Waals surface area contributed by atoms with E-state index in [1.54, 1.807) is 19.1 Å². The number of carbonyl (C=O) groups is 1. The minimum atomic E-state index is -0.697. The first-order chi connectivity index (χ1) is 11.0. The summed E-state index contributed by atoms with van der Waals surface area (Å²) >= 11 is 0. The Morgan fingerprint density at radius 1 is 1.30 bits per heavy atom. The molecule has 0 saturated carbocycles. The van der Waals surface area contributed by atoms with Crippen molar-refractivity contribution in [1.82, 2.24) is 5.32 Å². The molecule has 0 heterocycles. The number of aliphatic hydroxyl groups excluding tert-OH is 1. The van der Waals surface area contributed by atoms with Gasteiger partial charge in [-0.1, -0.05) is 30.3 Å². The molecule has 0 saturated heterocycles. The monoisotopic (exact) mass is 312 g/mol. The van der Waals surface area contributed by atoms with Crippen LogP contribution >= 0.6 is 0 Å². The van der Waals surface area contributed by atoms with Gasteiger partial charge in [0.2, 0.25) is 0 Å². The van der Waals surface area contributed by atoms with E-state index in [-0.39, 0.29) is 11.3 Å². The summed E-state index contributed by atoms with van der Waals surface area (Å²) in [6, 6.07) is 11.4. The van der Waals surface area contributed by atoms with Crippen molar-refractivity contribution in [3.8, 4) is 0 Å². The molecule has 0 fully saturated rings. The number of fused-ring (bicyclic) bond motifs is 1. The number of nitrogens with one attached hydrogen (secondary N) is 1. The maximum absolute atomic E-state index is 12.4. The van der Waals surface area contributed by atoms with E-state index in [1.165, 1.54) is 6.07 Å². The molecular formula is C17H16N2O4. The van der Waals surface area contributed by atoms with Crippen molar-refractivity contribution < 1.29 is 14.8 Å². The Hall–Kier alpha value is -2.73. The minimum absolute atomic E-state index is 0.0926. The zero-order valence-electron chi connectivity index (χ0n) is 12.5. The quantitative estimate of drug-likeness (QED) is 0.672. The van der Waals surface area contributed by atoms with Crippen LogP contribution in [0.15, 0.2) is 42.5 Å². The topological polar surface area (TPSA) is 92.5 Å². The molecule has 3 rings (SSSR count). The Morgan fingerprint density at radius 2 is 2.04 bits per heavy atom. The average molecular weight is 312 g/mol. The third-order valence-corrected chi connectivity index (χ3v) is 4.16. The molecule has 1 amide bonds. The van der Waals surface area contributed by atoms with Crippen LogP contribution in [0.1, 0.15) is 33.1 Å². The Labute approximate surface area is 132 Å². The van der Waals surface area contributed by atoms with Gasteiger partial charge in [0.25, 0.3) is 11.6 Å². The van der Waals surface area contributed by atoms with E-state index in [9.17, 15) is 20.0 Å². The highest BCUT2D eigenvalue weighted by Gasteiger charge is 2.32. The highest BCUT2D eigenvalue weighted by atomic mass is 16.6. The fourth-order valence-electron chi connectivity index (χ4n) is 2.92. The summed E-state index contributed by atoms with van der Waals surface area (Å²) in [4.78, 5) is 22.9. The summed E-state index contributed by atoms with van der Waals surface area (Å²) < 4.78 is 0. The zero-order chi connectivity index (χ0) is 16.6. The molecule has 0 radical (unpaired) electrons. The van der Waals surface area contributed by atoms with Gasteiger partial charge >= 0.3 is 0 Å². The van der Waals surface area contributed by atoms with Crippen LogP contribution in [-0.2, 0) is 6.42 Å². The molecule has 1 aliphatic rings. The third kappa shape index (κ3) is 2.80. The SMILES string of the molecule is Cc1ccc(C(=O)NC2c3ccccc3CC2O)cc1[N+](=O)[O-]. The molecule has 0 spiro atoms. The second kappa shape index (κ2) is 5.81. The first kappa shape index (κ1) is 15.2. The van der Waals surface area contributed by atoms with Crippen LogP contribution in [0.5, 0.6) is 0 Å². The minimum Gasteiger partial charge on any atom is -0.390 e. The molecule has 2 N–H and O–H groups in total. The summed E-state index contributed by atoms with van der Waals surface area (Å²) in [7, 11) is 0. The van der Waals surface area contributed by atoms with Crippen LogP contribution in [0.3, 0.4) is 0 Å². The molecule has 2 aromatic rings. The van der Waals surface area contributed by atoms with E-state index in [0.717, 1.165) is 11.1 Å². The first-order valence-electron chi connectivity index (χ1n) is 7.29. The fraction of sp³-hybridized carbons (Fsp3) is 0.235. The van der Waals surface area contributed by atoms with Crippen molar-refractivity contribution in [2.45, 2.75) is 25.5 Å². The number of hydrogen-bond acceptors (Lipinski definition) is 4. The number of benzene rings is 2. The molecular weight excluding hydrogens is 296 g/mol. The van der Waals surface area contributed by atoms with Crippen molar-refractivity contribution in [3.05, 3.63) is 74.8 Å². The largest absolute Gasteiger partial charge is 0.390 e. The zero-order valence-corrected chi connectivity index (χ0v) is 12.5. The van der Waals surface area contributed by atoms with Crippen molar-refractivity contribution in [3.63, 3.8) is 0 Å². The highest BCUT2D eigenvalue weighted by molar-refractivity contribution is 5.95. The summed E-state index contributed by atoms with van der Waals surface area (Å²) in [5, 5.41) is 23.9. The fourth-order valence-corrected chi connectivity index (χ4v) is 2.92. The van der Waals surface area contributed by atoms with Crippen molar-refractivity contribution in [2.24, 2.45) is 0 Å². The molecule has 6 heteroatoms. The number of aliphatic hydroxyl groups is 1. The molecule has 0 bridgehead atoms. The molecule has 6 nitrogen and oxygen atoms in total. The molecule has 2 unspecified atom stereocenters. The average Bonchev–Trinajstić information content (AvgIpc) is 2.83. The summed E-state index contributed by atoms with van der Waals surface area (Å²) in [6.07, 6.45) is -0.216. The van der Waals surface area contributed by atoms with E-state index in [1.807, 2.05) is 24.3 Å². The molecule has 1 aliphatic carbocycles. The lowest BCUT2D eigenvalue weighted by Crippen LogP contribution is -2.33. The summed E-state index contributed by atoms with van der Waals surface area (Å²) in [6.45, 7) is 1.62. The predicted octanol–water partition coefficient (Wildman–Crippen LogP) is 2.29. The lowest BCUT2D eigenvalue weighted by atomic mass is 10.1. The summed E-state index contributed by atoms with van der Waals surface area (Å²) in [5.74, 6) is -0.436. The molecule has 2 atom stereocenters. The normalized spacial score (nSPS) is 19.2. The van der Waals surface area contributed by atoms with Gasteiger partial charge in [0.15, 0.2) is 0 Å². The number of nitrogens with zero attached hydrogens (tertiary/aromatic N) is 1. The van der Waals surface area contributed by atoms with E-state index in [0.29, 0.717) is 12.0 Å². The molecule has 2 aromatic carbocycles. The lowest BCUT2D eigenvalue weighted by Gasteiger charge is -2.18. The van der Waals surface area contributed by atoms with E-state index >= 15 is 0 Å². The van der Waals surface area contributed by atoms with Crippen LogP contribution in [0, 0.1) is 17.0 Å². The lowest BCUT2D eigenvalue weighted by molar-refractivity contribution is -0.385. The van der Waals surface area contributed by atoms with Crippen LogP contribution in [0.25, 0.3) is 0 Å². The summed E-state index contributed by atoms with van der Waals surface area (Å²) in [5.41, 5.74) is 2.50. The Balaban J connectivity index is 1.85.